The summed E-state index contributed by atoms with van der Waals surface area (Å²) >= 11 is 0. The quantitative estimate of drug-likeness (QED) is 0.516. The van der Waals surface area contributed by atoms with Crippen LogP contribution in [0.15, 0.2) is 53.4 Å². The van der Waals surface area contributed by atoms with Crippen molar-refractivity contribution in [2.24, 2.45) is 0 Å². The van der Waals surface area contributed by atoms with Crippen molar-refractivity contribution >= 4 is 21.9 Å². The number of rotatable bonds is 11. The van der Waals surface area contributed by atoms with E-state index in [2.05, 4.69) is 12.2 Å². The number of halogens is 1. The lowest BCUT2D eigenvalue weighted by Gasteiger charge is -2.17. The van der Waals surface area contributed by atoms with Gasteiger partial charge in [-0.05, 0) is 55.2 Å². The van der Waals surface area contributed by atoms with E-state index in [4.69, 9.17) is 4.74 Å². The Morgan fingerprint density at radius 2 is 1.72 bits per heavy atom. The van der Waals surface area contributed by atoms with Crippen LogP contribution in [0.5, 0.6) is 0 Å². The third kappa shape index (κ3) is 7.42. The SMILES string of the molecule is CCc1ccc(C(C)NC(=O)COC(=O)CCCN(C)S(=O)(=O)c2ccc(F)cc2)cc1. The van der Waals surface area contributed by atoms with Gasteiger partial charge < -0.3 is 10.1 Å². The molecule has 32 heavy (non-hydrogen) atoms. The summed E-state index contributed by atoms with van der Waals surface area (Å²) in [5.41, 5.74) is 2.16. The highest BCUT2D eigenvalue weighted by Gasteiger charge is 2.21. The molecule has 0 aliphatic heterocycles. The Bertz CT molecular complexity index is 1010. The first-order valence-corrected chi connectivity index (χ1v) is 11.8. The molecule has 0 spiro atoms. The van der Waals surface area contributed by atoms with Crippen LogP contribution >= 0.6 is 0 Å². The smallest absolute Gasteiger partial charge is 0.306 e. The molecule has 0 aliphatic carbocycles. The van der Waals surface area contributed by atoms with Gasteiger partial charge in [0.25, 0.3) is 5.91 Å². The predicted octanol–water partition coefficient (Wildman–Crippen LogP) is 3.21. The van der Waals surface area contributed by atoms with Crippen LogP contribution in [0.1, 0.15) is 43.9 Å². The molecule has 2 rings (SSSR count). The van der Waals surface area contributed by atoms with Crippen molar-refractivity contribution in [3.8, 4) is 0 Å². The first kappa shape index (κ1) is 25.5. The fourth-order valence-electron chi connectivity index (χ4n) is 2.98. The van der Waals surface area contributed by atoms with Gasteiger partial charge in [-0.3, -0.25) is 9.59 Å². The largest absolute Gasteiger partial charge is 0.456 e. The van der Waals surface area contributed by atoms with Gasteiger partial charge in [0.1, 0.15) is 5.82 Å². The summed E-state index contributed by atoms with van der Waals surface area (Å²) in [5, 5.41) is 2.77. The number of sulfonamides is 1. The second kappa shape index (κ2) is 11.7. The highest BCUT2D eigenvalue weighted by molar-refractivity contribution is 7.89. The monoisotopic (exact) mass is 464 g/mol. The van der Waals surface area contributed by atoms with Crippen molar-refractivity contribution in [1.82, 2.24) is 9.62 Å². The summed E-state index contributed by atoms with van der Waals surface area (Å²) in [4.78, 5) is 23.9. The Hall–Kier alpha value is -2.78. The maximum absolute atomic E-state index is 13.0. The van der Waals surface area contributed by atoms with Crippen molar-refractivity contribution in [2.45, 2.75) is 44.0 Å². The highest BCUT2D eigenvalue weighted by atomic mass is 32.2. The second-order valence-corrected chi connectivity index (χ2v) is 9.47. The van der Waals surface area contributed by atoms with Crippen molar-refractivity contribution in [3.05, 3.63) is 65.5 Å². The van der Waals surface area contributed by atoms with E-state index in [0.29, 0.717) is 0 Å². The van der Waals surface area contributed by atoms with Gasteiger partial charge in [0.2, 0.25) is 10.0 Å². The lowest BCUT2D eigenvalue weighted by atomic mass is 10.1. The lowest BCUT2D eigenvalue weighted by molar-refractivity contribution is -0.148. The van der Waals surface area contributed by atoms with Gasteiger partial charge in [0.05, 0.1) is 10.9 Å². The van der Waals surface area contributed by atoms with E-state index in [0.717, 1.165) is 28.4 Å². The molecule has 0 aliphatic rings. The van der Waals surface area contributed by atoms with Gasteiger partial charge in [-0.15, -0.1) is 0 Å². The molecule has 0 radical (unpaired) electrons. The number of esters is 1. The maximum Gasteiger partial charge on any atom is 0.306 e. The first-order valence-electron chi connectivity index (χ1n) is 10.4. The standard InChI is InChI=1S/C23H29FN2O5S/c1-4-18-7-9-19(10-8-18)17(2)25-22(27)16-31-23(28)6-5-15-26(3)32(29,30)21-13-11-20(24)12-14-21/h7-14,17H,4-6,15-16H2,1-3H3,(H,25,27). The van der Waals surface area contributed by atoms with E-state index >= 15 is 0 Å². The molecule has 0 saturated heterocycles. The molecule has 0 saturated carbocycles. The molecule has 0 heterocycles. The fourth-order valence-corrected chi connectivity index (χ4v) is 4.19. The van der Waals surface area contributed by atoms with Crippen molar-refractivity contribution < 1.29 is 27.1 Å². The van der Waals surface area contributed by atoms with Crippen LogP contribution in [0.25, 0.3) is 0 Å². The topological polar surface area (TPSA) is 92.8 Å². The first-order chi connectivity index (χ1) is 15.1. The Morgan fingerprint density at radius 1 is 1.09 bits per heavy atom. The molecule has 2 aromatic rings. The Morgan fingerprint density at radius 3 is 2.31 bits per heavy atom. The van der Waals surface area contributed by atoms with Crippen LogP contribution in [-0.2, 0) is 30.8 Å². The third-order valence-corrected chi connectivity index (χ3v) is 6.88. The van der Waals surface area contributed by atoms with E-state index in [1.807, 2.05) is 31.2 Å². The van der Waals surface area contributed by atoms with E-state index in [1.165, 1.54) is 24.7 Å². The van der Waals surface area contributed by atoms with Gasteiger partial charge in [-0.25, -0.2) is 17.1 Å². The molecule has 1 amide bonds. The minimum Gasteiger partial charge on any atom is -0.456 e. The molecule has 0 fully saturated rings. The normalized spacial score (nSPS) is 12.4. The zero-order chi connectivity index (χ0) is 23.7. The lowest BCUT2D eigenvalue weighted by Crippen LogP contribution is -2.31. The van der Waals surface area contributed by atoms with E-state index in [9.17, 15) is 22.4 Å². The minimum absolute atomic E-state index is 0.0286. The summed E-state index contributed by atoms with van der Waals surface area (Å²) in [7, 11) is -2.39. The van der Waals surface area contributed by atoms with Gasteiger partial charge in [0, 0.05) is 20.0 Å². The van der Waals surface area contributed by atoms with Gasteiger partial charge in [-0.1, -0.05) is 31.2 Å². The van der Waals surface area contributed by atoms with Crippen LogP contribution in [0, 0.1) is 5.82 Å². The summed E-state index contributed by atoms with van der Waals surface area (Å²) in [6.45, 7) is 3.58. The number of carbonyl (C=O) groups is 2. The summed E-state index contributed by atoms with van der Waals surface area (Å²) in [6.07, 6.45) is 1.12. The van der Waals surface area contributed by atoms with Gasteiger partial charge >= 0.3 is 5.97 Å². The minimum atomic E-state index is -3.77. The van der Waals surface area contributed by atoms with Crippen molar-refractivity contribution in [2.75, 3.05) is 20.2 Å². The van der Waals surface area contributed by atoms with Crippen LogP contribution in [0.3, 0.4) is 0 Å². The zero-order valence-electron chi connectivity index (χ0n) is 18.5. The van der Waals surface area contributed by atoms with Crippen LogP contribution in [0.4, 0.5) is 4.39 Å². The summed E-state index contributed by atoms with van der Waals surface area (Å²) in [5.74, 6) is -1.53. The Balaban J connectivity index is 1.72. The molecule has 7 nitrogen and oxygen atoms in total. The van der Waals surface area contributed by atoms with E-state index in [1.54, 1.807) is 0 Å². The molecule has 1 N–H and O–H groups in total. The molecular weight excluding hydrogens is 435 g/mol. The highest BCUT2D eigenvalue weighted by Crippen LogP contribution is 2.16. The van der Waals surface area contributed by atoms with Crippen molar-refractivity contribution in [3.63, 3.8) is 0 Å². The number of nitrogens with one attached hydrogen (secondary N) is 1. The number of hydrogen-bond donors (Lipinski definition) is 1. The van der Waals surface area contributed by atoms with E-state index in [-0.39, 0.29) is 30.3 Å². The average Bonchev–Trinajstić information content (AvgIpc) is 2.77. The number of carbonyl (C=O) groups excluding carboxylic acids is 2. The molecular formula is C23H29FN2O5S. The zero-order valence-corrected chi connectivity index (χ0v) is 19.3. The maximum atomic E-state index is 13.0. The molecule has 2 aromatic carbocycles. The predicted molar refractivity (Wildman–Crippen MR) is 119 cm³/mol. The van der Waals surface area contributed by atoms with Gasteiger partial charge in [0.15, 0.2) is 6.61 Å². The molecule has 0 aromatic heterocycles. The Kier molecular flexibility index (Phi) is 9.34. The summed E-state index contributed by atoms with van der Waals surface area (Å²) < 4.78 is 43.9. The number of benzene rings is 2. The average molecular weight is 465 g/mol. The molecule has 0 bridgehead atoms. The van der Waals surface area contributed by atoms with Crippen LogP contribution in [0.2, 0.25) is 0 Å². The number of hydrogen-bond acceptors (Lipinski definition) is 5. The molecule has 1 unspecified atom stereocenters. The number of ether oxygens (including phenoxy) is 1. The number of aryl methyl sites for hydroxylation is 1. The molecule has 1 atom stereocenters. The third-order valence-electron chi connectivity index (χ3n) is 5.01. The molecule has 9 heteroatoms. The number of nitrogens with zero attached hydrogens (tertiary/aromatic N) is 1. The second-order valence-electron chi connectivity index (χ2n) is 7.43. The van der Waals surface area contributed by atoms with Crippen LogP contribution in [-0.4, -0.2) is 44.8 Å². The molecule has 174 valence electrons. The Labute approximate surface area is 188 Å². The van der Waals surface area contributed by atoms with E-state index < -0.39 is 34.3 Å². The number of amides is 1. The fraction of sp³-hybridized carbons (Fsp3) is 0.391. The summed E-state index contributed by atoms with van der Waals surface area (Å²) in [6, 6.07) is 12.2. The van der Waals surface area contributed by atoms with Gasteiger partial charge in [-0.2, -0.15) is 0 Å². The van der Waals surface area contributed by atoms with Crippen molar-refractivity contribution in [1.29, 1.82) is 0 Å². The van der Waals surface area contributed by atoms with Crippen LogP contribution < -0.4 is 5.32 Å².